The number of urea groups is 1. The van der Waals surface area contributed by atoms with Crippen LogP contribution in [0.25, 0.3) is 10.4 Å². The van der Waals surface area contributed by atoms with Gasteiger partial charge in [0.05, 0.1) is 11.1 Å². The molecule has 1 aliphatic heterocycles. The number of thiophene rings is 1. The van der Waals surface area contributed by atoms with Crippen molar-refractivity contribution in [1.82, 2.24) is 4.90 Å². The van der Waals surface area contributed by atoms with Crippen LogP contribution < -0.4 is 5.32 Å². The quantitative estimate of drug-likeness (QED) is 0.739. The third-order valence-electron chi connectivity index (χ3n) is 3.80. The van der Waals surface area contributed by atoms with Gasteiger partial charge in [0, 0.05) is 39.1 Å². The van der Waals surface area contributed by atoms with Crippen molar-refractivity contribution in [1.29, 1.82) is 0 Å². The number of anilines is 1. The van der Waals surface area contributed by atoms with E-state index in [0.29, 0.717) is 36.6 Å². The highest BCUT2D eigenvalue weighted by molar-refractivity contribution is 9.10. The lowest BCUT2D eigenvalue weighted by molar-refractivity contribution is 0.0972. The lowest BCUT2D eigenvalue weighted by Crippen LogP contribution is -2.42. The summed E-state index contributed by atoms with van der Waals surface area (Å²) in [6.45, 7) is 1.14. The average Bonchev–Trinajstić information content (AvgIpc) is 2.94. The molecule has 2 aromatic rings. The van der Waals surface area contributed by atoms with Gasteiger partial charge < -0.3 is 15.3 Å². The molecule has 3 rings (SSSR count). The molecule has 0 saturated carbocycles. The first-order chi connectivity index (χ1) is 11.0. The average molecular weight is 416 g/mol. The topological polar surface area (TPSA) is 52.6 Å². The lowest BCUT2D eigenvalue weighted by Gasteiger charge is -2.29. The van der Waals surface area contributed by atoms with Crippen molar-refractivity contribution >= 4 is 50.6 Å². The summed E-state index contributed by atoms with van der Waals surface area (Å²) in [5.74, 6) is 0. The fraction of sp³-hybridized carbons (Fsp3) is 0.312. The number of nitrogens with zero attached hydrogens (tertiary/aromatic N) is 1. The maximum Gasteiger partial charge on any atom is 0.321 e. The van der Waals surface area contributed by atoms with Crippen molar-refractivity contribution in [2.45, 2.75) is 18.9 Å². The molecule has 1 aromatic heterocycles. The minimum Gasteiger partial charge on any atom is -0.393 e. The van der Waals surface area contributed by atoms with E-state index < -0.39 is 0 Å². The fourth-order valence-electron chi connectivity index (χ4n) is 2.52. The zero-order valence-electron chi connectivity index (χ0n) is 12.3. The Bertz CT molecular complexity index is 714. The minimum atomic E-state index is -0.294. The first-order valence-electron chi connectivity index (χ1n) is 7.31. The van der Waals surface area contributed by atoms with E-state index in [1.54, 1.807) is 22.3 Å². The molecule has 1 saturated heterocycles. The summed E-state index contributed by atoms with van der Waals surface area (Å²) in [4.78, 5) is 15.0. The maximum atomic E-state index is 12.2. The van der Waals surface area contributed by atoms with Crippen LogP contribution in [0.3, 0.4) is 0 Å². The van der Waals surface area contributed by atoms with Gasteiger partial charge >= 0.3 is 6.03 Å². The molecular formula is C16H16BrClN2O2S. The third-order valence-corrected chi connectivity index (χ3v) is 5.84. The molecule has 0 radical (unpaired) electrons. The predicted molar refractivity (Wildman–Crippen MR) is 98.3 cm³/mol. The van der Waals surface area contributed by atoms with E-state index in [0.717, 1.165) is 14.9 Å². The molecule has 0 spiro atoms. The van der Waals surface area contributed by atoms with Gasteiger partial charge in [-0.3, -0.25) is 0 Å². The largest absolute Gasteiger partial charge is 0.393 e. The van der Waals surface area contributed by atoms with Gasteiger partial charge in [0.25, 0.3) is 0 Å². The van der Waals surface area contributed by atoms with E-state index in [4.69, 9.17) is 11.6 Å². The van der Waals surface area contributed by atoms with Crippen LogP contribution in [0.1, 0.15) is 12.8 Å². The zero-order chi connectivity index (χ0) is 16.4. The minimum absolute atomic E-state index is 0.153. The summed E-state index contributed by atoms with van der Waals surface area (Å²) in [5, 5.41) is 15.0. The van der Waals surface area contributed by atoms with E-state index >= 15 is 0 Å². The van der Waals surface area contributed by atoms with Crippen LogP contribution >= 0.6 is 38.9 Å². The molecule has 7 heteroatoms. The summed E-state index contributed by atoms with van der Waals surface area (Å²) in [5.41, 5.74) is 1.62. The molecule has 2 amide bonds. The number of aliphatic hydroxyl groups is 1. The molecule has 0 aliphatic carbocycles. The Morgan fingerprint density at radius 1 is 1.35 bits per heavy atom. The van der Waals surface area contributed by atoms with Gasteiger partial charge in [-0.15, -0.1) is 11.3 Å². The lowest BCUT2D eigenvalue weighted by atomic mass is 10.1. The zero-order valence-corrected chi connectivity index (χ0v) is 15.4. The number of amides is 2. The van der Waals surface area contributed by atoms with E-state index in [-0.39, 0.29) is 12.1 Å². The maximum absolute atomic E-state index is 12.2. The number of hydrogen-bond acceptors (Lipinski definition) is 3. The van der Waals surface area contributed by atoms with Crippen molar-refractivity contribution < 1.29 is 9.90 Å². The van der Waals surface area contributed by atoms with Crippen LogP contribution in [-0.2, 0) is 0 Å². The summed E-state index contributed by atoms with van der Waals surface area (Å²) >= 11 is 11.4. The molecular weight excluding hydrogens is 400 g/mol. The molecule has 2 heterocycles. The number of benzene rings is 1. The summed E-state index contributed by atoms with van der Waals surface area (Å²) in [6, 6.07) is 7.39. The summed E-state index contributed by atoms with van der Waals surface area (Å²) in [7, 11) is 0. The number of piperidine rings is 1. The van der Waals surface area contributed by atoms with Crippen LogP contribution in [-0.4, -0.2) is 35.2 Å². The van der Waals surface area contributed by atoms with Crippen molar-refractivity contribution in [2.75, 3.05) is 18.4 Å². The number of nitrogens with one attached hydrogen (secondary N) is 1. The molecule has 0 atom stereocenters. The van der Waals surface area contributed by atoms with Gasteiger partial charge in [-0.05, 0) is 53.0 Å². The van der Waals surface area contributed by atoms with Crippen molar-refractivity contribution in [3.63, 3.8) is 0 Å². The monoisotopic (exact) mass is 414 g/mol. The van der Waals surface area contributed by atoms with E-state index in [1.807, 2.05) is 23.6 Å². The predicted octanol–water partition coefficient (Wildman–Crippen LogP) is 4.82. The summed E-state index contributed by atoms with van der Waals surface area (Å²) in [6.07, 6.45) is 0.957. The number of carbonyl (C=O) groups is 1. The van der Waals surface area contributed by atoms with Crippen LogP contribution in [0.2, 0.25) is 5.02 Å². The smallest absolute Gasteiger partial charge is 0.321 e. The number of rotatable bonds is 2. The molecule has 122 valence electrons. The summed E-state index contributed by atoms with van der Waals surface area (Å²) < 4.78 is 1.03. The highest BCUT2D eigenvalue weighted by atomic mass is 79.9. The Morgan fingerprint density at radius 2 is 2.09 bits per heavy atom. The van der Waals surface area contributed by atoms with Gasteiger partial charge in [0.2, 0.25) is 0 Å². The molecule has 0 unspecified atom stereocenters. The van der Waals surface area contributed by atoms with Crippen LogP contribution in [0.4, 0.5) is 10.5 Å². The second-order valence-electron chi connectivity index (χ2n) is 5.47. The van der Waals surface area contributed by atoms with E-state index in [9.17, 15) is 9.90 Å². The molecule has 1 fully saturated rings. The number of hydrogen-bond donors (Lipinski definition) is 2. The van der Waals surface area contributed by atoms with Gasteiger partial charge in [-0.25, -0.2) is 4.79 Å². The molecule has 4 nitrogen and oxygen atoms in total. The Labute approximate surface area is 152 Å². The fourth-order valence-corrected chi connectivity index (χ4v) is 4.33. The van der Waals surface area contributed by atoms with Crippen LogP contribution in [0, 0.1) is 0 Å². The van der Waals surface area contributed by atoms with Crippen molar-refractivity contribution in [3.8, 4) is 10.4 Å². The molecule has 1 aliphatic rings. The molecule has 2 N–H and O–H groups in total. The highest BCUT2D eigenvalue weighted by Crippen LogP contribution is 2.35. The second kappa shape index (κ2) is 7.21. The molecule has 23 heavy (non-hydrogen) atoms. The first kappa shape index (κ1) is 16.8. The number of halogens is 2. The van der Waals surface area contributed by atoms with Gasteiger partial charge in [-0.1, -0.05) is 11.6 Å². The Balaban J connectivity index is 1.69. The number of likely N-dealkylation sites (tertiary alicyclic amines) is 1. The molecule has 0 bridgehead atoms. The van der Waals surface area contributed by atoms with E-state index in [1.165, 1.54) is 0 Å². The second-order valence-corrected chi connectivity index (χ2v) is 7.71. The van der Waals surface area contributed by atoms with E-state index in [2.05, 4.69) is 21.2 Å². The van der Waals surface area contributed by atoms with Gasteiger partial charge in [0.15, 0.2) is 0 Å². The van der Waals surface area contributed by atoms with Crippen LogP contribution in [0.15, 0.2) is 34.1 Å². The first-order valence-corrected chi connectivity index (χ1v) is 9.36. The standard InChI is InChI=1S/C16H16BrClN2O2S/c17-10-7-15(23-9-10)13-2-1-11(8-14(13)18)19-16(22)20-5-3-12(21)4-6-20/h1-2,7-9,12,21H,3-6H2,(H,19,22). The van der Waals surface area contributed by atoms with Crippen LogP contribution in [0.5, 0.6) is 0 Å². The number of aliphatic hydroxyl groups excluding tert-OH is 1. The molecule has 1 aromatic carbocycles. The SMILES string of the molecule is O=C(Nc1ccc(-c2cc(Br)cs2)c(Cl)c1)N1CCC(O)CC1. The Hall–Kier alpha value is -1.08. The third kappa shape index (κ3) is 4.07. The normalized spacial score (nSPS) is 15.7. The highest BCUT2D eigenvalue weighted by Gasteiger charge is 2.21. The van der Waals surface area contributed by atoms with Gasteiger partial charge in [-0.2, -0.15) is 0 Å². The number of carbonyl (C=O) groups excluding carboxylic acids is 1. The Morgan fingerprint density at radius 3 is 2.70 bits per heavy atom. The Kier molecular flexibility index (Phi) is 5.26. The van der Waals surface area contributed by atoms with Crippen molar-refractivity contribution in [3.05, 3.63) is 39.1 Å². The van der Waals surface area contributed by atoms with Gasteiger partial charge in [0.1, 0.15) is 0 Å². The van der Waals surface area contributed by atoms with Crippen molar-refractivity contribution in [2.24, 2.45) is 0 Å².